The van der Waals surface area contributed by atoms with Crippen molar-refractivity contribution in [3.63, 3.8) is 0 Å². The van der Waals surface area contributed by atoms with E-state index in [0.717, 1.165) is 18.2 Å². The van der Waals surface area contributed by atoms with Crippen LogP contribution in [0.1, 0.15) is 16.8 Å². The number of anilines is 1. The molecule has 3 rings (SSSR count). The lowest BCUT2D eigenvalue weighted by atomic mass is 10.1. The van der Waals surface area contributed by atoms with Gasteiger partial charge in [-0.3, -0.25) is 4.79 Å². The highest BCUT2D eigenvalue weighted by Crippen LogP contribution is 2.31. The molecule has 3 aromatic rings. The predicted octanol–water partition coefficient (Wildman–Crippen LogP) is 5.54. The third-order valence-electron chi connectivity index (χ3n) is 4.22. The SMILES string of the molecule is Cc1nn(-c2ccc(F)cc2)c(Cl)c1/C=C(\C#N)C(=O)Nc1cccc(C(F)(F)F)c1. The van der Waals surface area contributed by atoms with Crippen molar-refractivity contribution >= 4 is 29.3 Å². The number of carbonyl (C=O) groups excluding carboxylic acids is 1. The van der Waals surface area contributed by atoms with Gasteiger partial charge in [0.15, 0.2) is 0 Å². The molecular formula is C21H13ClF4N4O. The lowest BCUT2D eigenvalue weighted by Crippen LogP contribution is -2.14. The van der Waals surface area contributed by atoms with Crippen molar-refractivity contribution in [3.8, 4) is 11.8 Å². The van der Waals surface area contributed by atoms with Gasteiger partial charge in [0.2, 0.25) is 0 Å². The van der Waals surface area contributed by atoms with Crippen molar-refractivity contribution in [2.45, 2.75) is 13.1 Å². The summed E-state index contributed by atoms with van der Waals surface area (Å²) in [6.07, 6.45) is -3.39. The minimum absolute atomic E-state index is 0.0729. The standard InChI is InChI=1S/C21H13ClF4N4O/c1-12-18(19(22)30(29-12)17-7-5-15(23)6-8-17)9-13(11-27)20(31)28-16-4-2-3-14(10-16)21(24,25)26/h2-10H,1H3,(H,28,31)/b13-9+. The molecule has 0 fully saturated rings. The number of nitrogens with zero attached hydrogens (tertiary/aromatic N) is 3. The van der Waals surface area contributed by atoms with Crippen molar-refractivity contribution in [2.75, 3.05) is 5.32 Å². The normalized spacial score (nSPS) is 11.8. The third kappa shape index (κ3) is 4.92. The van der Waals surface area contributed by atoms with Crippen LogP contribution in [0.15, 0.2) is 54.1 Å². The van der Waals surface area contributed by atoms with Gasteiger partial charge in [0, 0.05) is 11.3 Å². The first-order valence-corrected chi connectivity index (χ1v) is 9.09. The van der Waals surface area contributed by atoms with Crippen molar-refractivity contribution in [1.82, 2.24) is 9.78 Å². The Bertz CT molecular complexity index is 1210. The van der Waals surface area contributed by atoms with Gasteiger partial charge in [-0.15, -0.1) is 0 Å². The molecule has 0 aliphatic heterocycles. The number of hydrogen-bond donors (Lipinski definition) is 1. The van der Waals surface area contributed by atoms with Crippen LogP contribution in [0.5, 0.6) is 0 Å². The Morgan fingerprint density at radius 1 is 1.23 bits per heavy atom. The molecule has 0 spiro atoms. The fraction of sp³-hybridized carbons (Fsp3) is 0.0952. The molecule has 0 radical (unpaired) electrons. The Morgan fingerprint density at radius 2 is 1.90 bits per heavy atom. The quantitative estimate of drug-likeness (QED) is 0.324. The topological polar surface area (TPSA) is 70.7 Å². The van der Waals surface area contributed by atoms with E-state index >= 15 is 0 Å². The van der Waals surface area contributed by atoms with E-state index in [1.807, 2.05) is 0 Å². The molecule has 2 aromatic carbocycles. The number of hydrogen-bond acceptors (Lipinski definition) is 3. The number of aromatic nitrogens is 2. The summed E-state index contributed by atoms with van der Waals surface area (Å²) in [5, 5.41) is 16.0. The van der Waals surface area contributed by atoms with Gasteiger partial charge in [-0.2, -0.15) is 23.5 Å². The number of aryl methyl sites for hydroxylation is 1. The molecule has 0 bridgehead atoms. The molecule has 1 heterocycles. The lowest BCUT2D eigenvalue weighted by Gasteiger charge is -2.09. The summed E-state index contributed by atoms with van der Waals surface area (Å²) in [5.41, 5.74) is -0.337. The van der Waals surface area contributed by atoms with Crippen LogP contribution >= 0.6 is 11.6 Å². The number of alkyl halides is 3. The van der Waals surface area contributed by atoms with Crippen LogP contribution < -0.4 is 5.32 Å². The van der Waals surface area contributed by atoms with Crippen LogP contribution in [-0.4, -0.2) is 15.7 Å². The molecule has 0 aliphatic rings. The highest BCUT2D eigenvalue weighted by molar-refractivity contribution is 6.31. The molecule has 5 nitrogen and oxygen atoms in total. The maximum Gasteiger partial charge on any atom is 0.416 e. The fourth-order valence-electron chi connectivity index (χ4n) is 2.69. The Morgan fingerprint density at radius 3 is 2.52 bits per heavy atom. The first-order valence-electron chi connectivity index (χ1n) is 8.71. The summed E-state index contributed by atoms with van der Waals surface area (Å²) in [5.74, 6) is -1.35. The van der Waals surface area contributed by atoms with Gasteiger partial charge < -0.3 is 5.32 Å². The zero-order chi connectivity index (χ0) is 22.8. The summed E-state index contributed by atoms with van der Waals surface area (Å²) < 4.78 is 53.0. The predicted molar refractivity (Wildman–Crippen MR) is 107 cm³/mol. The van der Waals surface area contributed by atoms with Crippen LogP contribution in [0.3, 0.4) is 0 Å². The maximum atomic E-state index is 13.1. The first-order chi connectivity index (χ1) is 14.6. The summed E-state index contributed by atoms with van der Waals surface area (Å²) in [6, 6.07) is 11.1. The average molecular weight is 449 g/mol. The van der Waals surface area contributed by atoms with Gasteiger partial charge in [0.05, 0.1) is 16.9 Å². The minimum atomic E-state index is -4.58. The van der Waals surface area contributed by atoms with Crippen LogP contribution in [0.4, 0.5) is 23.2 Å². The van der Waals surface area contributed by atoms with Crippen molar-refractivity contribution in [3.05, 3.63) is 81.9 Å². The first kappa shape index (κ1) is 22.1. The number of nitrogens with one attached hydrogen (secondary N) is 1. The molecule has 0 aliphatic carbocycles. The number of amides is 1. The van der Waals surface area contributed by atoms with E-state index in [2.05, 4.69) is 10.4 Å². The molecule has 0 saturated carbocycles. The molecule has 31 heavy (non-hydrogen) atoms. The summed E-state index contributed by atoms with van der Waals surface area (Å²) in [6.45, 7) is 1.59. The van der Waals surface area contributed by atoms with Crippen LogP contribution in [0.25, 0.3) is 11.8 Å². The van der Waals surface area contributed by atoms with E-state index in [1.165, 1.54) is 41.1 Å². The summed E-state index contributed by atoms with van der Waals surface area (Å²) in [4.78, 5) is 12.5. The van der Waals surface area contributed by atoms with E-state index in [9.17, 15) is 27.6 Å². The van der Waals surface area contributed by atoms with Crippen molar-refractivity contribution in [2.24, 2.45) is 0 Å². The number of benzene rings is 2. The smallest absolute Gasteiger partial charge is 0.321 e. The zero-order valence-electron chi connectivity index (χ0n) is 15.8. The van der Waals surface area contributed by atoms with E-state index < -0.39 is 23.5 Å². The Kier molecular flexibility index (Phi) is 6.13. The molecule has 0 atom stereocenters. The molecule has 0 unspecified atom stereocenters. The molecule has 1 amide bonds. The minimum Gasteiger partial charge on any atom is -0.321 e. The Labute approximate surface area is 179 Å². The van der Waals surface area contributed by atoms with Crippen LogP contribution in [0, 0.1) is 24.1 Å². The van der Waals surface area contributed by atoms with Gasteiger partial charge in [-0.25, -0.2) is 9.07 Å². The van der Waals surface area contributed by atoms with Crippen LogP contribution in [0.2, 0.25) is 5.15 Å². The number of carbonyl (C=O) groups is 1. The molecule has 0 saturated heterocycles. The number of nitriles is 1. The van der Waals surface area contributed by atoms with Gasteiger partial charge in [0.25, 0.3) is 5.91 Å². The Balaban J connectivity index is 1.91. The van der Waals surface area contributed by atoms with Crippen molar-refractivity contribution in [1.29, 1.82) is 5.26 Å². The third-order valence-corrected chi connectivity index (χ3v) is 4.58. The van der Waals surface area contributed by atoms with Crippen molar-refractivity contribution < 1.29 is 22.4 Å². The molecule has 1 N–H and O–H groups in total. The largest absolute Gasteiger partial charge is 0.416 e. The average Bonchev–Trinajstić information content (AvgIpc) is 2.99. The maximum absolute atomic E-state index is 13.1. The van der Waals surface area contributed by atoms with E-state index in [-0.39, 0.29) is 22.0 Å². The second-order valence-corrected chi connectivity index (χ2v) is 6.74. The summed E-state index contributed by atoms with van der Waals surface area (Å²) >= 11 is 6.34. The molecule has 158 valence electrons. The highest BCUT2D eigenvalue weighted by Gasteiger charge is 2.30. The molecule has 10 heteroatoms. The molecular weight excluding hydrogens is 436 g/mol. The van der Waals surface area contributed by atoms with Gasteiger partial charge in [-0.1, -0.05) is 17.7 Å². The van der Waals surface area contributed by atoms with Gasteiger partial charge >= 0.3 is 6.18 Å². The number of rotatable bonds is 4. The highest BCUT2D eigenvalue weighted by atomic mass is 35.5. The van der Waals surface area contributed by atoms with E-state index in [4.69, 9.17) is 11.6 Å². The second kappa shape index (κ2) is 8.62. The fourth-order valence-corrected chi connectivity index (χ4v) is 3.02. The van der Waals surface area contributed by atoms with Gasteiger partial charge in [0.1, 0.15) is 22.6 Å². The lowest BCUT2D eigenvalue weighted by molar-refractivity contribution is -0.137. The zero-order valence-corrected chi connectivity index (χ0v) is 16.6. The Hall–Kier alpha value is -3.64. The molecule has 1 aromatic heterocycles. The number of halogens is 5. The summed E-state index contributed by atoms with van der Waals surface area (Å²) in [7, 11) is 0. The van der Waals surface area contributed by atoms with E-state index in [1.54, 1.807) is 13.0 Å². The second-order valence-electron chi connectivity index (χ2n) is 6.38. The van der Waals surface area contributed by atoms with Gasteiger partial charge in [-0.05, 0) is 55.5 Å². The van der Waals surface area contributed by atoms with Crippen LogP contribution in [-0.2, 0) is 11.0 Å². The van der Waals surface area contributed by atoms with E-state index in [0.29, 0.717) is 11.4 Å². The monoisotopic (exact) mass is 448 g/mol.